The molecule has 0 radical (unpaired) electrons. The van der Waals surface area contributed by atoms with E-state index in [-0.39, 0.29) is 12.5 Å². The van der Waals surface area contributed by atoms with Gasteiger partial charge in [0.15, 0.2) is 6.61 Å². The Morgan fingerprint density at radius 3 is 2.57 bits per heavy atom. The van der Waals surface area contributed by atoms with Gasteiger partial charge in [0.2, 0.25) is 0 Å². The molecule has 0 atom stereocenters. The maximum atomic E-state index is 11.8. The minimum atomic E-state index is -0.282. The van der Waals surface area contributed by atoms with Gasteiger partial charge in [-0.2, -0.15) is 0 Å². The first kappa shape index (κ1) is 17.7. The Hall–Kier alpha value is -1.62. The van der Waals surface area contributed by atoms with Gasteiger partial charge in [0.05, 0.1) is 22.2 Å². The summed E-state index contributed by atoms with van der Waals surface area (Å²) in [4.78, 5) is 11.8. The molecule has 2 aromatic carbocycles. The maximum absolute atomic E-state index is 11.8. The summed E-state index contributed by atoms with van der Waals surface area (Å²) in [5.41, 5.74) is 0.922. The predicted octanol–water partition coefficient (Wildman–Crippen LogP) is 4.35. The van der Waals surface area contributed by atoms with Crippen LogP contribution in [-0.4, -0.2) is 19.6 Å². The molecule has 0 fully saturated rings. The zero-order chi connectivity index (χ0) is 16.8. The molecule has 0 bridgehead atoms. The molecule has 23 heavy (non-hydrogen) atoms. The number of rotatable bonds is 6. The third-order valence-electron chi connectivity index (χ3n) is 2.96. The van der Waals surface area contributed by atoms with Crippen LogP contribution in [0.4, 0.5) is 0 Å². The van der Waals surface area contributed by atoms with Gasteiger partial charge in [-0.05, 0) is 23.8 Å². The fourth-order valence-electron chi connectivity index (χ4n) is 1.79. The van der Waals surface area contributed by atoms with Crippen LogP contribution in [0.25, 0.3) is 0 Å². The molecule has 0 aliphatic heterocycles. The molecule has 2 rings (SSSR count). The zero-order valence-electron chi connectivity index (χ0n) is 12.2. The van der Waals surface area contributed by atoms with E-state index in [0.717, 1.165) is 11.3 Å². The monoisotopic (exact) mass is 373 g/mol. The molecule has 0 aromatic heterocycles. The van der Waals surface area contributed by atoms with Crippen LogP contribution in [0, 0.1) is 0 Å². The van der Waals surface area contributed by atoms with Crippen molar-refractivity contribution in [2.75, 3.05) is 13.7 Å². The van der Waals surface area contributed by atoms with Crippen LogP contribution in [0.5, 0.6) is 11.5 Å². The van der Waals surface area contributed by atoms with E-state index in [9.17, 15) is 4.79 Å². The highest BCUT2D eigenvalue weighted by Crippen LogP contribution is 2.33. The summed E-state index contributed by atoms with van der Waals surface area (Å²) >= 11 is 17.7. The summed E-state index contributed by atoms with van der Waals surface area (Å²) in [7, 11) is 1.59. The minimum Gasteiger partial charge on any atom is -0.497 e. The summed E-state index contributed by atoms with van der Waals surface area (Å²) < 4.78 is 10.5. The van der Waals surface area contributed by atoms with Gasteiger partial charge >= 0.3 is 0 Å². The van der Waals surface area contributed by atoms with Crippen LogP contribution in [0.15, 0.2) is 36.4 Å². The Balaban J connectivity index is 1.87. The number of ether oxygens (including phenoxy) is 2. The highest BCUT2D eigenvalue weighted by atomic mass is 35.5. The van der Waals surface area contributed by atoms with Gasteiger partial charge in [0.25, 0.3) is 5.91 Å². The van der Waals surface area contributed by atoms with Crippen LogP contribution in [0.1, 0.15) is 5.56 Å². The second-order valence-corrected chi connectivity index (χ2v) is 5.84. The normalized spacial score (nSPS) is 10.3. The lowest BCUT2D eigenvalue weighted by Crippen LogP contribution is -2.28. The molecule has 122 valence electrons. The van der Waals surface area contributed by atoms with Crippen LogP contribution in [0.2, 0.25) is 15.1 Å². The quantitative estimate of drug-likeness (QED) is 0.765. The Kier molecular flexibility index (Phi) is 6.39. The second kappa shape index (κ2) is 8.29. The Labute approximate surface area is 149 Å². The summed E-state index contributed by atoms with van der Waals surface area (Å²) in [6.07, 6.45) is 0. The van der Waals surface area contributed by atoms with Crippen molar-refractivity contribution in [2.45, 2.75) is 6.54 Å². The van der Waals surface area contributed by atoms with Crippen molar-refractivity contribution in [2.24, 2.45) is 0 Å². The Morgan fingerprint density at radius 1 is 1.09 bits per heavy atom. The molecule has 4 nitrogen and oxygen atoms in total. The molecule has 0 aliphatic rings. The van der Waals surface area contributed by atoms with Crippen molar-refractivity contribution >= 4 is 40.7 Å². The molecule has 1 N–H and O–H groups in total. The molecule has 0 aliphatic carbocycles. The standard InChI is InChI=1S/C16H14Cl3NO3/c1-22-11-4-2-3-10(5-11)8-20-16(21)9-23-15-7-13(18)12(17)6-14(15)19/h2-7H,8-9H2,1H3,(H,20,21). The minimum absolute atomic E-state index is 0.179. The number of carbonyl (C=O) groups excluding carboxylic acids is 1. The smallest absolute Gasteiger partial charge is 0.258 e. The fourth-order valence-corrected chi connectivity index (χ4v) is 2.38. The van der Waals surface area contributed by atoms with Gasteiger partial charge in [0, 0.05) is 12.6 Å². The third-order valence-corrected chi connectivity index (χ3v) is 3.97. The van der Waals surface area contributed by atoms with E-state index in [1.165, 1.54) is 12.1 Å². The highest BCUT2D eigenvalue weighted by Gasteiger charge is 2.09. The van der Waals surface area contributed by atoms with E-state index >= 15 is 0 Å². The highest BCUT2D eigenvalue weighted by molar-refractivity contribution is 6.43. The van der Waals surface area contributed by atoms with E-state index in [0.29, 0.717) is 27.4 Å². The van der Waals surface area contributed by atoms with Gasteiger partial charge in [0.1, 0.15) is 11.5 Å². The number of nitrogens with one attached hydrogen (secondary N) is 1. The molecule has 1 amide bonds. The average Bonchev–Trinajstić information content (AvgIpc) is 2.55. The van der Waals surface area contributed by atoms with Crippen molar-refractivity contribution in [1.29, 1.82) is 0 Å². The number of hydrogen-bond donors (Lipinski definition) is 1. The molecule has 0 unspecified atom stereocenters. The second-order valence-electron chi connectivity index (χ2n) is 4.61. The van der Waals surface area contributed by atoms with Crippen molar-refractivity contribution in [3.63, 3.8) is 0 Å². The predicted molar refractivity (Wildman–Crippen MR) is 91.8 cm³/mol. The molecule has 0 saturated carbocycles. The topological polar surface area (TPSA) is 47.6 Å². The molecule has 0 saturated heterocycles. The molecule has 7 heteroatoms. The lowest BCUT2D eigenvalue weighted by atomic mass is 10.2. The van der Waals surface area contributed by atoms with Crippen molar-refractivity contribution < 1.29 is 14.3 Å². The maximum Gasteiger partial charge on any atom is 0.258 e. The average molecular weight is 375 g/mol. The van der Waals surface area contributed by atoms with Gasteiger partial charge < -0.3 is 14.8 Å². The lowest BCUT2D eigenvalue weighted by molar-refractivity contribution is -0.123. The van der Waals surface area contributed by atoms with Crippen LogP contribution >= 0.6 is 34.8 Å². The van der Waals surface area contributed by atoms with Crippen molar-refractivity contribution in [3.05, 3.63) is 57.0 Å². The van der Waals surface area contributed by atoms with E-state index in [2.05, 4.69) is 5.32 Å². The molecule has 2 aromatic rings. The van der Waals surface area contributed by atoms with Gasteiger partial charge in [-0.25, -0.2) is 0 Å². The summed E-state index contributed by atoms with van der Waals surface area (Å²) in [5, 5.41) is 3.67. The van der Waals surface area contributed by atoms with Gasteiger partial charge in [-0.3, -0.25) is 4.79 Å². The number of halogens is 3. The number of hydrogen-bond acceptors (Lipinski definition) is 3. The number of carbonyl (C=O) groups is 1. The largest absolute Gasteiger partial charge is 0.497 e. The Morgan fingerprint density at radius 2 is 1.83 bits per heavy atom. The summed E-state index contributed by atoms with van der Waals surface area (Å²) in [6.45, 7) is 0.191. The van der Waals surface area contributed by atoms with Crippen molar-refractivity contribution in [3.8, 4) is 11.5 Å². The molecular formula is C16H14Cl3NO3. The van der Waals surface area contributed by atoms with E-state index < -0.39 is 0 Å². The first-order valence-electron chi connectivity index (χ1n) is 6.66. The molecule has 0 heterocycles. The van der Waals surface area contributed by atoms with Crippen molar-refractivity contribution in [1.82, 2.24) is 5.32 Å². The number of methoxy groups -OCH3 is 1. The summed E-state index contributed by atoms with van der Waals surface area (Å²) in [6, 6.07) is 10.4. The van der Waals surface area contributed by atoms with E-state index in [1.807, 2.05) is 24.3 Å². The van der Waals surface area contributed by atoms with E-state index in [4.69, 9.17) is 44.3 Å². The van der Waals surface area contributed by atoms with Gasteiger partial charge in [-0.1, -0.05) is 46.9 Å². The lowest BCUT2D eigenvalue weighted by Gasteiger charge is -2.10. The number of benzene rings is 2. The molecular weight excluding hydrogens is 361 g/mol. The van der Waals surface area contributed by atoms with Crippen LogP contribution in [-0.2, 0) is 11.3 Å². The fraction of sp³-hybridized carbons (Fsp3) is 0.188. The first-order valence-corrected chi connectivity index (χ1v) is 7.80. The number of amides is 1. The van der Waals surface area contributed by atoms with E-state index in [1.54, 1.807) is 7.11 Å². The molecule has 0 spiro atoms. The van der Waals surface area contributed by atoms with Gasteiger partial charge in [-0.15, -0.1) is 0 Å². The SMILES string of the molecule is COc1cccc(CNC(=O)COc2cc(Cl)c(Cl)cc2Cl)c1. The first-order chi connectivity index (χ1) is 11.0. The summed E-state index contributed by atoms with van der Waals surface area (Å²) in [5.74, 6) is 0.753. The zero-order valence-corrected chi connectivity index (χ0v) is 14.5. The van der Waals surface area contributed by atoms with Crippen LogP contribution < -0.4 is 14.8 Å². The Bertz CT molecular complexity index is 707. The van der Waals surface area contributed by atoms with Crippen LogP contribution in [0.3, 0.4) is 0 Å². The third kappa shape index (κ3) is 5.20.